The third kappa shape index (κ3) is 3.91. The molecule has 3 atom stereocenters. The fourth-order valence-corrected chi connectivity index (χ4v) is 4.76. The maximum atomic E-state index is 11.2. The summed E-state index contributed by atoms with van der Waals surface area (Å²) in [5.74, 6) is 1.48. The third-order valence-corrected chi connectivity index (χ3v) is 6.28. The fourth-order valence-electron chi connectivity index (χ4n) is 4.76. The van der Waals surface area contributed by atoms with E-state index in [0.29, 0.717) is 12.5 Å². The number of allylic oxidation sites excluding steroid dienone is 2. The van der Waals surface area contributed by atoms with Crippen LogP contribution in [0.15, 0.2) is 84.9 Å². The molecule has 1 N–H and O–H groups in total. The largest absolute Gasteiger partial charge is 0.493 e. The molecular formula is C26H24N2O3. The predicted octanol–water partition coefficient (Wildman–Crippen LogP) is 6.04. The van der Waals surface area contributed by atoms with E-state index in [9.17, 15) is 10.1 Å². The maximum Gasteiger partial charge on any atom is 0.269 e. The number of non-ortho nitro benzene ring substituents is 1. The van der Waals surface area contributed by atoms with Gasteiger partial charge in [-0.2, -0.15) is 0 Å². The van der Waals surface area contributed by atoms with Gasteiger partial charge in [0.15, 0.2) is 0 Å². The minimum atomic E-state index is -0.330. The number of nitrogens with one attached hydrogen (secondary N) is 1. The number of rotatable bonds is 6. The Balaban J connectivity index is 1.36. The summed E-state index contributed by atoms with van der Waals surface area (Å²) in [6, 6.07) is 23.6. The lowest BCUT2D eigenvalue weighted by molar-refractivity contribution is -0.384. The number of fused-ring (bicyclic) bond motifs is 3. The van der Waals surface area contributed by atoms with Gasteiger partial charge in [0, 0.05) is 30.2 Å². The van der Waals surface area contributed by atoms with Crippen molar-refractivity contribution >= 4 is 11.4 Å². The SMILES string of the molecule is O=[N+]([O-])c1cccc(C2Nc3ccc(OCCc4ccccc4)cc3C3C=CCC32)c1. The smallest absolute Gasteiger partial charge is 0.269 e. The maximum absolute atomic E-state index is 11.2. The van der Waals surface area contributed by atoms with E-state index in [1.807, 2.05) is 30.3 Å². The fraction of sp³-hybridized carbons (Fsp3) is 0.231. The van der Waals surface area contributed by atoms with E-state index in [-0.39, 0.29) is 22.6 Å². The van der Waals surface area contributed by atoms with E-state index in [1.54, 1.807) is 18.2 Å². The summed E-state index contributed by atoms with van der Waals surface area (Å²) in [4.78, 5) is 10.9. The third-order valence-electron chi connectivity index (χ3n) is 6.28. The lowest BCUT2D eigenvalue weighted by Crippen LogP contribution is -2.29. The minimum Gasteiger partial charge on any atom is -0.493 e. The van der Waals surface area contributed by atoms with E-state index in [4.69, 9.17) is 4.74 Å². The lowest BCUT2D eigenvalue weighted by Gasteiger charge is -2.37. The summed E-state index contributed by atoms with van der Waals surface area (Å²) in [5.41, 5.74) is 4.66. The van der Waals surface area contributed by atoms with Gasteiger partial charge in [-0.3, -0.25) is 10.1 Å². The Morgan fingerprint density at radius 1 is 1.03 bits per heavy atom. The summed E-state index contributed by atoms with van der Waals surface area (Å²) >= 11 is 0. The monoisotopic (exact) mass is 412 g/mol. The van der Waals surface area contributed by atoms with E-state index < -0.39 is 0 Å². The van der Waals surface area contributed by atoms with Crippen LogP contribution in [0.1, 0.15) is 35.1 Å². The van der Waals surface area contributed by atoms with Gasteiger partial charge >= 0.3 is 0 Å². The van der Waals surface area contributed by atoms with Crippen LogP contribution in [0.25, 0.3) is 0 Å². The molecule has 5 nitrogen and oxygen atoms in total. The Bertz CT molecular complexity index is 1130. The topological polar surface area (TPSA) is 64.4 Å². The lowest BCUT2D eigenvalue weighted by atomic mass is 9.77. The van der Waals surface area contributed by atoms with Gasteiger partial charge < -0.3 is 10.1 Å². The number of anilines is 1. The van der Waals surface area contributed by atoms with Crippen molar-refractivity contribution < 1.29 is 9.66 Å². The first-order valence-electron chi connectivity index (χ1n) is 10.7. The quantitative estimate of drug-likeness (QED) is 0.304. The van der Waals surface area contributed by atoms with Crippen LogP contribution in [-0.2, 0) is 6.42 Å². The van der Waals surface area contributed by atoms with Crippen molar-refractivity contribution in [1.82, 2.24) is 0 Å². The number of hydrogen-bond donors (Lipinski definition) is 1. The van der Waals surface area contributed by atoms with E-state index in [1.165, 1.54) is 11.1 Å². The van der Waals surface area contributed by atoms with Crippen molar-refractivity contribution in [1.29, 1.82) is 0 Å². The molecule has 0 radical (unpaired) electrons. The summed E-state index contributed by atoms with van der Waals surface area (Å²) < 4.78 is 6.05. The number of benzene rings is 3. The predicted molar refractivity (Wildman–Crippen MR) is 122 cm³/mol. The molecule has 3 aromatic carbocycles. The molecule has 0 amide bonds. The van der Waals surface area contributed by atoms with E-state index in [2.05, 4.69) is 41.7 Å². The number of ether oxygens (including phenoxy) is 1. The van der Waals surface area contributed by atoms with Crippen LogP contribution in [0.3, 0.4) is 0 Å². The van der Waals surface area contributed by atoms with Gasteiger partial charge in [0.2, 0.25) is 0 Å². The second kappa shape index (κ2) is 8.26. The minimum absolute atomic E-state index is 0.0391. The highest BCUT2D eigenvalue weighted by Gasteiger charge is 2.38. The summed E-state index contributed by atoms with van der Waals surface area (Å²) in [6.45, 7) is 0.635. The highest BCUT2D eigenvalue weighted by molar-refractivity contribution is 5.62. The van der Waals surface area contributed by atoms with E-state index in [0.717, 1.165) is 29.8 Å². The van der Waals surface area contributed by atoms with Gasteiger partial charge in [0.05, 0.1) is 17.6 Å². The van der Waals surface area contributed by atoms with Crippen LogP contribution in [0.2, 0.25) is 0 Å². The zero-order valence-electron chi connectivity index (χ0n) is 17.1. The second-order valence-corrected chi connectivity index (χ2v) is 8.16. The summed E-state index contributed by atoms with van der Waals surface area (Å²) in [6.07, 6.45) is 6.31. The average molecular weight is 412 g/mol. The first-order valence-corrected chi connectivity index (χ1v) is 10.7. The van der Waals surface area contributed by atoms with Crippen LogP contribution in [0, 0.1) is 16.0 Å². The number of hydrogen-bond acceptors (Lipinski definition) is 4. The van der Waals surface area contributed by atoms with Crippen molar-refractivity contribution in [3.05, 3.63) is 112 Å². The van der Waals surface area contributed by atoms with Gasteiger partial charge in [-0.15, -0.1) is 0 Å². The van der Waals surface area contributed by atoms with Crippen LogP contribution in [0.4, 0.5) is 11.4 Å². The Morgan fingerprint density at radius 3 is 2.74 bits per heavy atom. The van der Waals surface area contributed by atoms with Gasteiger partial charge in [-0.05, 0) is 47.2 Å². The van der Waals surface area contributed by atoms with Crippen LogP contribution < -0.4 is 10.1 Å². The zero-order valence-corrected chi connectivity index (χ0v) is 17.1. The number of nitro groups is 1. The zero-order chi connectivity index (χ0) is 21.2. The molecule has 3 unspecified atom stereocenters. The van der Waals surface area contributed by atoms with Crippen LogP contribution >= 0.6 is 0 Å². The van der Waals surface area contributed by atoms with Crippen LogP contribution in [-0.4, -0.2) is 11.5 Å². The number of nitrogens with zero attached hydrogens (tertiary/aromatic N) is 1. The van der Waals surface area contributed by atoms with Gasteiger partial charge in [0.1, 0.15) is 5.75 Å². The van der Waals surface area contributed by atoms with Crippen LogP contribution in [0.5, 0.6) is 5.75 Å². The molecule has 5 heteroatoms. The Morgan fingerprint density at radius 2 is 1.90 bits per heavy atom. The first-order chi connectivity index (χ1) is 15.2. The normalized spacial score (nSPS) is 21.1. The van der Waals surface area contributed by atoms with Crippen molar-refractivity contribution in [2.75, 3.05) is 11.9 Å². The molecule has 3 aromatic rings. The van der Waals surface area contributed by atoms with Gasteiger partial charge in [-0.1, -0.05) is 54.6 Å². The molecule has 0 fully saturated rings. The molecule has 0 saturated carbocycles. The standard InChI is InChI=1S/C26H24N2O3/c29-28(30)20-9-4-8-19(16-20)26-23-11-5-10-22(23)24-17-21(12-13-25(24)27-26)31-15-14-18-6-2-1-3-7-18/h1-10,12-13,16-17,22-23,26-27H,11,14-15H2. The highest BCUT2D eigenvalue weighted by atomic mass is 16.6. The molecule has 5 rings (SSSR count). The number of nitro benzene ring substituents is 1. The van der Waals surface area contributed by atoms with Crippen molar-refractivity contribution in [2.45, 2.75) is 24.8 Å². The average Bonchev–Trinajstić information content (AvgIpc) is 3.30. The second-order valence-electron chi connectivity index (χ2n) is 8.16. The Hall–Kier alpha value is -3.60. The molecule has 0 saturated heterocycles. The molecule has 0 spiro atoms. The van der Waals surface area contributed by atoms with Gasteiger partial charge in [-0.25, -0.2) is 0 Å². The summed E-state index contributed by atoms with van der Waals surface area (Å²) in [5, 5.41) is 14.9. The van der Waals surface area contributed by atoms with E-state index >= 15 is 0 Å². The molecule has 2 aliphatic rings. The molecule has 156 valence electrons. The molecule has 0 bridgehead atoms. The Labute approximate surface area is 181 Å². The first kappa shape index (κ1) is 19.4. The Kier molecular flexibility index (Phi) is 5.16. The van der Waals surface area contributed by atoms with Crippen molar-refractivity contribution in [2.24, 2.45) is 5.92 Å². The van der Waals surface area contributed by atoms with Crippen molar-refractivity contribution in [3.8, 4) is 5.75 Å². The molecule has 31 heavy (non-hydrogen) atoms. The van der Waals surface area contributed by atoms with Crippen molar-refractivity contribution in [3.63, 3.8) is 0 Å². The molecule has 1 aliphatic heterocycles. The molecule has 0 aromatic heterocycles. The molecule has 1 aliphatic carbocycles. The molecular weight excluding hydrogens is 388 g/mol. The van der Waals surface area contributed by atoms with Gasteiger partial charge in [0.25, 0.3) is 5.69 Å². The summed E-state index contributed by atoms with van der Waals surface area (Å²) in [7, 11) is 0. The highest BCUT2D eigenvalue weighted by Crippen LogP contribution is 2.50. The molecule has 1 heterocycles.